The van der Waals surface area contributed by atoms with Gasteiger partial charge in [-0.05, 0) is 30.9 Å². The summed E-state index contributed by atoms with van der Waals surface area (Å²) in [6, 6.07) is 6.48. The third kappa shape index (κ3) is 3.76. The fourth-order valence-corrected chi connectivity index (χ4v) is 3.62. The molecule has 1 saturated carbocycles. The number of hydrogen-bond acceptors (Lipinski definition) is 5. The van der Waals surface area contributed by atoms with Crippen LogP contribution in [0.3, 0.4) is 0 Å². The molecule has 5 nitrogen and oxygen atoms in total. The van der Waals surface area contributed by atoms with Crippen LogP contribution in [-0.4, -0.2) is 48.8 Å². The van der Waals surface area contributed by atoms with Crippen molar-refractivity contribution in [1.82, 2.24) is 9.88 Å². The number of pyridine rings is 1. The quantitative estimate of drug-likeness (QED) is 0.924. The predicted octanol–water partition coefficient (Wildman–Crippen LogP) is 2.26. The third-order valence-electron chi connectivity index (χ3n) is 4.82. The summed E-state index contributed by atoms with van der Waals surface area (Å²) in [6.45, 7) is 4.83. The first-order valence-corrected chi connectivity index (χ1v) is 8.28. The molecule has 118 valence electrons. The number of nitriles is 1. The number of rotatable bonds is 4. The fourth-order valence-electron chi connectivity index (χ4n) is 3.62. The zero-order valence-electron chi connectivity index (χ0n) is 13.0. The topological polar surface area (TPSA) is 61.2 Å². The number of hydrogen-bond donors (Lipinski definition) is 1. The number of nitrogens with zero attached hydrogens (tertiary/aromatic N) is 3. The maximum atomic E-state index is 8.82. The molecule has 2 heterocycles. The van der Waals surface area contributed by atoms with Gasteiger partial charge in [-0.2, -0.15) is 5.26 Å². The molecule has 5 heteroatoms. The summed E-state index contributed by atoms with van der Waals surface area (Å²) in [5.41, 5.74) is 0.606. The molecule has 0 bridgehead atoms. The van der Waals surface area contributed by atoms with E-state index >= 15 is 0 Å². The van der Waals surface area contributed by atoms with Crippen molar-refractivity contribution >= 4 is 5.82 Å². The summed E-state index contributed by atoms with van der Waals surface area (Å²) in [6.07, 6.45) is 6.88. The summed E-state index contributed by atoms with van der Waals surface area (Å²) in [5, 5.41) is 12.3. The van der Waals surface area contributed by atoms with Crippen LogP contribution >= 0.6 is 0 Å². The van der Waals surface area contributed by atoms with Gasteiger partial charge in [-0.1, -0.05) is 12.8 Å². The molecule has 1 aromatic rings. The smallest absolute Gasteiger partial charge is 0.125 e. The van der Waals surface area contributed by atoms with E-state index in [-0.39, 0.29) is 0 Å². The Morgan fingerprint density at radius 2 is 2.09 bits per heavy atom. The second kappa shape index (κ2) is 7.57. The van der Waals surface area contributed by atoms with E-state index in [0.29, 0.717) is 17.5 Å². The van der Waals surface area contributed by atoms with Gasteiger partial charge in [0.1, 0.15) is 11.9 Å². The molecule has 2 fully saturated rings. The molecule has 1 aliphatic heterocycles. The van der Waals surface area contributed by atoms with Crippen LogP contribution < -0.4 is 5.32 Å². The van der Waals surface area contributed by atoms with Crippen molar-refractivity contribution in [3.63, 3.8) is 0 Å². The average Bonchev–Trinajstić information content (AvgIpc) is 2.61. The zero-order valence-corrected chi connectivity index (χ0v) is 13.0. The Kier molecular flexibility index (Phi) is 5.25. The van der Waals surface area contributed by atoms with Crippen molar-refractivity contribution in [1.29, 1.82) is 5.26 Å². The van der Waals surface area contributed by atoms with E-state index in [4.69, 9.17) is 10.00 Å². The average molecular weight is 300 g/mol. The van der Waals surface area contributed by atoms with Gasteiger partial charge in [0.25, 0.3) is 0 Å². The first kappa shape index (κ1) is 15.3. The SMILES string of the molecule is N#Cc1ccc(NC[C@@H]2CCCC[C@@H]2N2CCOCC2)nc1. The number of nitrogens with one attached hydrogen (secondary N) is 1. The number of anilines is 1. The fraction of sp³-hybridized carbons (Fsp3) is 0.647. The summed E-state index contributed by atoms with van der Waals surface area (Å²) in [7, 11) is 0. The van der Waals surface area contributed by atoms with Crippen LogP contribution in [0.5, 0.6) is 0 Å². The van der Waals surface area contributed by atoms with Crippen molar-refractivity contribution in [2.24, 2.45) is 5.92 Å². The van der Waals surface area contributed by atoms with Crippen molar-refractivity contribution in [3.8, 4) is 6.07 Å². The van der Waals surface area contributed by atoms with Crippen molar-refractivity contribution < 1.29 is 4.74 Å². The van der Waals surface area contributed by atoms with Crippen LogP contribution in [0.15, 0.2) is 18.3 Å². The van der Waals surface area contributed by atoms with E-state index in [0.717, 1.165) is 38.7 Å². The molecule has 2 atom stereocenters. The van der Waals surface area contributed by atoms with E-state index in [9.17, 15) is 0 Å². The van der Waals surface area contributed by atoms with Gasteiger partial charge >= 0.3 is 0 Å². The van der Waals surface area contributed by atoms with Gasteiger partial charge in [-0.25, -0.2) is 4.98 Å². The first-order chi connectivity index (χ1) is 10.9. The van der Waals surface area contributed by atoms with Crippen LogP contribution in [0.2, 0.25) is 0 Å². The molecule has 0 radical (unpaired) electrons. The van der Waals surface area contributed by atoms with Gasteiger partial charge in [0.05, 0.1) is 18.8 Å². The number of aromatic nitrogens is 1. The Bertz CT molecular complexity index is 504. The lowest BCUT2D eigenvalue weighted by Gasteiger charge is -2.41. The minimum absolute atomic E-state index is 0.606. The van der Waals surface area contributed by atoms with E-state index in [1.54, 1.807) is 6.20 Å². The summed E-state index contributed by atoms with van der Waals surface area (Å²) < 4.78 is 5.48. The number of morpholine rings is 1. The predicted molar refractivity (Wildman–Crippen MR) is 85.6 cm³/mol. The summed E-state index contributed by atoms with van der Waals surface area (Å²) in [5.74, 6) is 1.54. The lowest BCUT2D eigenvalue weighted by Crippen LogP contribution is -2.49. The molecule has 1 aromatic heterocycles. The van der Waals surface area contributed by atoms with Gasteiger partial charge in [0.2, 0.25) is 0 Å². The van der Waals surface area contributed by atoms with Crippen molar-refractivity contribution in [2.45, 2.75) is 31.7 Å². The summed E-state index contributed by atoms with van der Waals surface area (Å²) >= 11 is 0. The Labute approximate surface area is 132 Å². The lowest BCUT2D eigenvalue weighted by molar-refractivity contribution is -0.00541. The van der Waals surface area contributed by atoms with Gasteiger partial charge in [-0.15, -0.1) is 0 Å². The minimum atomic E-state index is 0.606. The molecule has 0 aromatic carbocycles. The highest BCUT2D eigenvalue weighted by Crippen LogP contribution is 2.29. The molecule has 2 aliphatic rings. The Morgan fingerprint density at radius 1 is 1.27 bits per heavy atom. The molecular formula is C17H24N4O. The highest BCUT2D eigenvalue weighted by molar-refractivity contribution is 5.38. The molecule has 0 spiro atoms. The Morgan fingerprint density at radius 3 is 2.82 bits per heavy atom. The molecule has 1 N–H and O–H groups in total. The number of ether oxygens (including phenoxy) is 1. The second-order valence-corrected chi connectivity index (χ2v) is 6.19. The largest absolute Gasteiger partial charge is 0.379 e. The van der Waals surface area contributed by atoms with E-state index in [1.807, 2.05) is 12.1 Å². The normalized spacial score (nSPS) is 26.3. The Balaban J connectivity index is 1.57. The molecule has 1 saturated heterocycles. The Hall–Kier alpha value is -1.64. The minimum Gasteiger partial charge on any atom is -0.379 e. The summed E-state index contributed by atoms with van der Waals surface area (Å²) in [4.78, 5) is 6.92. The van der Waals surface area contributed by atoms with Gasteiger partial charge in [0.15, 0.2) is 0 Å². The van der Waals surface area contributed by atoms with Crippen molar-refractivity contribution in [2.75, 3.05) is 38.2 Å². The lowest BCUT2D eigenvalue weighted by atomic mass is 9.83. The van der Waals surface area contributed by atoms with Crippen LogP contribution in [0.25, 0.3) is 0 Å². The van der Waals surface area contributed by atoms with Crippen molar-refractivity contribution in [3.05, 3.63) is 23.9 Å². The molecule has 1 aliphatic carbocycles. The molecule has 22 heavy (non-hydrogen) atoms. The van der Waals surface area contributed by atoms with E-state index in [2.05, 4.69) is 21.3 Å². The molecule has 0 amide bonds. The zero-order chi connectivity index (χ0) is 15.2. The molecule has 3 rings (SSSR count). The highest BCUT2D eigenvalue weighted by Gasteiger charge is 2.30. The maximum Gasteiger partial charge on any atom is 0.125 e. The molecular weight excluding hydrogens is 276 g/mol. The van der Waals surface area contributed by atoms with Gasteiger partial charge in [-0.3, -0.25) is 4.90 Å². The molecule has 0 unspecified atom stereocenters. The monoisotopic (exact) mass is 300 g/mol. The van der Waals surface area contributed by atoms with E-state index in [1.165, 1.54) is 25.7 Å². The second-order valence-electron chi connectivity index (χ2n) is 6.19. The maximum absolute atomic E-state index is 8.82. The standard InChI is InChI=1S/C17H24N4O/c18-11-14-5-6-17(19-12-14)20-13-15-3-1-2-4-16(15)21-7-9-22-10-8-21/h5-6,12,15-16H,1-4,7-10,13H2,(H,19,20)/t15-,16-/m0/s1. The van der Waals surface area contributed by atoms with Gasteiger partial charge < -0.3 is 10.1 Å². The van der Waals surface area contributed by atoms with Crippen LogP contribution in [0.1, 0.15) is 31.2 Å². The van der Waals surface area contributed by atoms with Crippen LogP contribution in [0, 0.1) is 17.2 Å². The third-order valence-corrected chi connectivity index (χ3v) is 4.82. The van der Waals surface area contributed by atoms with E-state index < -0.39 is 0 Å². The van der Waals surface area contributed by atoms with Crippen LogP contribution in [0.4, 0.5) is 5.82 Å². The van der Waals surface area contributed by atoms with Crippen LogP contribution in [-0.2, 0) is 4.74 Å². The highest BCUT2D eigenvalue weighted by atomic mass is 16.5. The first-order valence-electron chi connectivity index (χ1n) is 8.28. The van der Waals surface area contributed by atoms with Gasteiger partial charge in [0, 0.05) is 31.9 Å².